The van der Waals surface area contributed by atoms with Crippen molar-refractivity contribution in [3.63, 3.8) is 0 Å². The van der Waals surface area contributed by atoms with E-state index in [1.165, 1.54) is 64.2 Å². The zero-order valence-electron chi connectivity index (χ0n) is 39.5. The molecule has 1 fully saturated rings. The van der Waals surface area contributed by atoms with Crippen molar-refractivity contribution in [2.75, 3.05) is 19.8 Å². The number of ether oxygens (including phenoxy) is 3. The van der Waals surface area contributed by atoms with Gasteiger partial charge in [-0.25, -0.2) is 0 Å². The molecular weight excluding hydrogens is 799 g/mol. The predicted molar refractivity (Wildman–Crippen MR) is 255 cm³/mol. The molecule has 7 atom stereocenters. The summed E-state index contributed by atoms with van der Waals surface area (Å²) in [6, 6.07) is -0.856. The van der Waals surface area contributed by atoms with E-state index in [0.717, 1.165) is 89.9 Å². The minimum absolute atomic E-state index is 0.0718. The quantitative estimate of drug-likeness (QED) is 0.0197. The lowest BCUT2D eigenvalue weighted by Gasteiger charge is -2.40. The molecular formula is C52H91NO10. The first-order valence-electron chi connectivity index (χ1n) is 25.1. The summed E-state index contributed by atoms with van der Waals surface area (Å²) in [5.41, 5.74) is 0. The monoisotopic (exact) mass is 890 g/mol. The van der Waals surface area contributed by atoms with Crippen LogP contribution in [0.4, 0.5) is 0 Å². The zero-order chi connectivity index (χ0) is 46.0. The number of carbonyl (C=O) groups excluding carboxylic acids is 2. The number of nitrogens with one attached hydrogen (secondary N) is 1. The second-order valence-corrected chi connectivity index (χ2v) is 17.1. The van der Waals surface area contributed by atoms with Gasteiger partial charge in [0.2, 0.25) is 5.91 Å². The third-order valence-electron chi connectivity index (χ3n) is 11.3. The molecule has 364 valence electrons. The number of amides is 1. The minimum Gasteiger partial charge on any atom is -0.466 e. The molecule has 0 saturated carbocycles. The van der Waals surface area contributed by atoms with Gasteiger partial charge in [-0.15, -0.1) is 0 Å². The summed E-state index contributed by atoms with van der Waals surface area (Å²) in [6.07, 6.45) is 41.5. The molecule has 0 bridgehead atoms. The maximum absolute atomic E-state index is 13.0. The summed E-state index contributed by atoms with van der Waals surface area (Å²) in [7, 11) is 0. The van der Waals surface area contributed by atoms with Gasteiger partial charge in [-0.3, -0.25) is 9.59 Å². The molecule has 63 heavy (non-hydrogen) atoms. The molecule has 1 aliphatic heterocycles. The minimum atomic E-state index is -1.59. The van der Waals surface area contributed by atoms with Crippen LogP contribution in [0.3, 0.4) is 0 Å². The van der Waals surface area contributed by atoms with Crippen LogP contribution in [0, 0.1) is 0 Å². The summed E-state index contributed by atoms with van der Waals surface area (Å²) in [5.74, 6) is -0.301. The number of aliphatic hydroxyl groups is 5. The molecule has 1 rings (SSSR count). The van der Waals surface area contributed by atoms with Gasteiger partial charge in [-0.05, 0) is 103 Å². The number of hydrogen-bond acceptors (Lipinski definition) is 10. The summed E-state index contributed by atoms with van der Waals surface area (Å²) < 4.78 is 16.6. The highest BCUT2D eigenvalue weighted by molar-refractivity contribution is 5.76. The van der Waals surface area contributed by atoms with Crippen molar-refractivity contribution in [1.29, 1.82) is 0 Å². The number of aliphatic hydroxyl groups excluding tert-OH is 5. The predicted octanol–water partition coefficient (Wildman–Crippen LogP) is 9.94. The second kappa shape index (κ2) is 42.0. The van der Waals surface area contributed by atoms with Crippen LogP contribution in [0.2, 0.25) is 0 Å². The van der Waals surface area contributed by atoms with Gasteiger partial charge in [0.25, 0.3) is 0 Å². The Balaban J connectivity index is 2.28. The number of esters is 1. The van der Waals surface area contributed by atoms with Crippen LogP contribution in [-0.4, -0.2) is 100 Å². The van der Waals surface area contributed by atoms with Gasteiger partial charge in [0.1, 0.15) is 24.4 Å². The van der Waals surface area contributed by atoms with E-state index in [1.54, 1.807) is 6.08 Å². The van der Waals surface area contributed by atoms with Crippen LogP contribution >= 0.6 is 0 Å². The molecule has 0 aromatic heterocycles. The van der Waals surface area contributed by atoms with Crippen molar-refractivity contribution in [3.8, 4) is 0 Å². The van der Waals surface area contributed by atoms with Gasteiger partial charge in [0.05, 0.1) is 32.0 Å². The van der Waals surface area contributed by atoms with Crippen molar-refractivity contribution in [2.24, 2.45) is 0 Å². The van der Waals surface area contributed by atoms with Crippen LogP contribution < -0.4 is 5.32 Å². The van der Waals surface area contributed by atoms with Gasteiger partial charge in [0, 0.05) is 12.8 Å². The van der Waals surface area contributed by atoms with E-state index in [0.29, 0.717) is 32.3 Å². The lowest BCUT2D eigenvalue weighted by atomic mass is 9.99. The summed E-state index contributed by atoms with van der Waals surface area (Å²) >= 11 is 0. The zero-order valence-corrected chi connectivity index (χ0v) is 39.5. The lowest BCUT2D eigenvalue weighted by Crippen LogP contribution is -2.60. The highest BCUT2D eigenvalue weighted by Gasteiger charge is 2.44. The molecule has 1 heterocycles. The highest BCUT2D eigenvalue weighted by atomic mass is 16.7. The van der Waals surface area contributed by atoms with Crippen LogP contribution in [0.1, 0.15) is 194 Å². The fraction of sp³-hybridized carbons (Fsp3) is 0.769. The van der Waals surface area contributed by atoms with Crippen molar-refractivity contribution in [1.82, 2.24) is 5.32 Å². The molecule has 11 nitrogen and oxygen atoms in total. The molecule has 0 aliphatic carbocycles. The molecule has 7 unspecified atom stereocenters. The van der Waals surface area contributed by atoms with Gasteiger partial charge in [-0.2, -0.15) is 0 Å². The Bertz CT molecular complexity index is 1230. The van der Waals surface area contributed by atoms with Crippen molar-refractivity contribution >= 4 is 11.9 Å². The molecule has 0 aromatic rings. The molecule has 1 amide bonds. The van der Waals surface area contributed by atoms with Gasteiger partial charge < -0.3 is 45.1 Å². The fourth-order valence-electron chi connectivity index (χ4n) is 7.20. The molecule has 1 aliphatic rings. The van der Waals surface area contributed by atoms with Gasteiger partial charge in [0.15, 0.2) is 6.29 Å². The number of unbranched alkanes of at least 4 members (excludes halogenated alkanes) is 19. The average molecular weight is 890 g/mol. The van der Waals surface area contributed by atoms with Crippen LogP contribution in [0.15, 0.2) is 60.8 Å². The van der Waals surface area contributed by atoms with Gasteiger partial charge in [-0.1, -0.05) is 139 Å². The number of carbonyl (C=O) groups is 2. The average Bonchev–Trinajstić information content (AvgIpc) is 3.28. The Labute approximate surface area is 382 Å². The van der Waals surface area contributed by atoms with Crippen molar-refractivity contribution in [3.05, 3.63) is 60.8 Å². The third-order valence-corrected chi connectivity index (χ3v) is 11.3. The Morgan fingerprint density at radius 1 is 0.571 bits per heavy atom. The van der Waals surface area contributed by atoms with E-state index < -0.39 is 49.5 Å². The number of rotatable bonds is 41. The van der Waals surface area contributed by atoms with E-state index in [4.69, 9.17) is 14.2 Å². The topological polar surface area (TPSA) is 175 Å². The molecule has 6 N–H and O–H groups in total. The fourth-order valence-corrected chi connectivity index (χ4v) is 7.20. The SMILES string of the molecule is CCCC/C=C\CCCCCCCC(=O)OCCCC/C=C\CCCCCCCC(=O)NC(COC1OC(CO)C(O)C(O)C1O)C(O)/C=C/CC/C=C/CC/C=C/CCCCC. The highest BCUT2D eigenvalue weighted by Crippen LogP contribution is 2.22. The third kappa shape index (κ3) is 32.6. The van der Waals surface area contributed by atoms with Crippen LogP contribution in [0.5, 0.6) is 0 Å². The van der Waals surface area contributed by atoms with E-state index in [1.807, 2.05) is 6.08 Å². The standard InChI is InChI=1S/C52H91NO10/c1-3-5-7-9-11-13-15-16-19-22-26-30-34-38-45(55)44(43-62-52-51(60)50(59)49(58)46(42-54)63-52)53-47(56)39-35-31-27-23-20-17-21-25-29-33-37-41-61-48(57)40-36-32-28-24-18-14-12-10-8-6-4-2/h10-13,19,21-22,25,34,38,44-46,49-52,54-55,58-60H,3-9,14-18,20,23-24,26-33,35-37,39-43H2,1-2H3,(H,53,56)/b12-10-,13-11+,22-19+,25-21-,38-34+. The number of hydrogen-bond donors (Lipinski definition) is 6. The Morgan fingerprint density at radius 3 is 1.62 bits per heavy atom. The summed E-state index contributed by atoms with van der Waals surface area (Å²) in [4.78, 5) is 25.0. The van der Waals surface area contributed by atoms with Crippen LogP contribution in [0.25, 0.3) is 0 Å². The first-order valence-corrected chi connectivity index (χ1v) is 25.1. The number of allylic oxidation sites excluding steroid dienone is 9. The lowest BCUT2D eigenvalue weighted by molar-refractivity contribution is -0.302. The normalized spacial score (nSPS) is 20.5. The first kappa shape index (κ1) is 58.4. The Morgan fingerprint density at radius 2 is 1.05 bits per heavy atom. The van der Waals surface area contributed by atoms with Crippen LogP contribution in [-0.2, 0) is 23.8 Å². The second-order valence-electron chi connectivity index (χ2n) is 17.1. The molecule has 0 spiro atoms. The molecule has 11 heteroatoms. The Hall–Kier alpha value is -2.64. The van der Waals surface area contributed by atoms with E-state index in [9.17, 15) is 35.1 Å². The first-order chi connectivity index (χ1) is 30.7. The van der Waals surface area contributed by atoms with Gasteiger partial charge >= 0.3 is 5.97 Å². The van der Waals surface area contributed by atoms with E-state index in [-0.39, 0.29) is 18.5 Å². The largest absolute Gasteiger partial charge is 0.466 e. The van der Waals surface area contributed by atoms with Crippen molar-refractivity contribution in [2.45, 2.75) is 236 Å². The van der Waals surface area contributed by atoms with Crippen molar-refractivity contribution < 1.29 is 49.3 Å². The van der Waals surface area contributed by atoms with E-state index in [2.05, 4.69) is 67.8 Å². The maximum atomic E-state index is 13.0. The smallest absolute Gasteiger partial charge is 0.305 e. The summed E-state index contributed by atoms with van der Waals surface area (Å²) in [6.45, 7) is 4.11. The molecule has 0 aromatic carbocycles. The summed E-state index contributed by atoms with van der Waals surface area (Å²) in [5, 5.41) is 54.1. The Kier molecular flexibility index (Phi) is 38.9. The van der Waals surface area contributed by atoms with E-state index >= 15 is 0 Å². The molecule has 1 saturated heterocycles. The molecule has 0 radical (unpaired) electrons. The maximum Gasteiger partial charge on any atom is 0.305 e.